The van der Waals surface area contributed by atoms with Gasteiger partial charge in [-0.1, -0.05) is 24.3 Å². The van der Waals surface area contributed by atoms with Gasteiger partial charge in [-0.25, -0.2) is 0 Å². The molecule has 0 saturated carbocycles. The third-order valence-corrected chi connectivity index (χ3v) is 4.79. The lowest BCUT2D eigenvalue weighted by atomic mass is 10.1. The van der Waals surface area contributed by atoms with E-state index in [1.54, 1.807) is 7.11 Å². The maximum absolute atomic E-state index is 12.3. The van der Waals surface area contributed by atoms with Crippen molar-refractivity contribution < 1.29 is 14.3 Å². The number of nitrogens with one attached hydrogen (secondary N) is 1. The van der Waals surface area contributed by atoms with Gasteiger partial charge in [0, 0.05) is 31.7 Å². The number of amides is 1. The van der Waals surface area contributed by atoms with Crippen molar-refractivity contribution in [3.05, 3.63) is 65.2 Å². The summed E-state index contributed by atoms with van der Waals surface area (Å²) in [5.41, 5.74) is 3.16. The van der Waals surface area contributed by atoms with Crippen LogP contribution >= 0.6 is 0 Å². The predicted octanol–water partition coefficient (Wildman–Crippen LogP) is 2.89. The summed E-state index contributed by atoms with van der Waals surface area (Å²) >= 11 is 0. The fourth-order valence-corrected chi connectivity index (χ4v) is 3.20. The van der Waals surface area contributed by atoms with Crippen molar-refractivity contribution in [1.29, 1.82) is 0 Å². The van der Waals surface area contributed by atoms with Crippen LogP contribution in [0.25, 0.3) is 0 Å². The summed E-state index contributed by atoms with van der Waals surface area (Å²) in [6, 6.07) is 16.0. The van der Waals surface area contributed by atoms with Gasteiger partial charge >= 0.3 is 0 Å². The summed E-state index contributed by atoms with van der Waals surface area (Å²) in [6.07, 6.45) is 1.81. The zero-order valence-corrected chi connectivity index (χ0v) is 15.9. The lowest BCUT2D eigenvalue weighted by Crippen LogP contribution is -2.35. The molecule has 0 atom stereocenters. The van der Waals surface area contributed by atoms with Gasteiger partial charge in [-0.05, 0) is 48.2 Å². The van der Waals surface area contributed by atoms with Gasteiger partial charge in [0.15, 0.2) is 0 Å². The number of carbonyl (C=O) groups excluding carboxylic acids is 1. The van der Waals surface area contributed by atoms with Gasteiger partial charge < -0.3 is 14.8 Å². The fourth-order valence-electron chi connectivity index (χ4n) is 3.20. The average molecular weight is 368 g/mol. The van der Waals surface area contributed by atoms with E-state index in [0.717, 1.165) is 51.4 Å². The largest absolute Gasteiger partial charge is 0.497 e. The molecule has 1 aliphatic heterocycles. The van der Waals surface area contributed by atoms with E-state index >= 15 is 0 Å². The molecule has 0 spiro atoms. The smallest absolute Gasteiger partial charge is 0.251 e. The molecule has 27 heavy (non-hydrogen) atoms. The molecular weight excluding hydrogens is 340 g/mol. The van der Waals surface area contributed by atoms with Crippen LogP contribution in [0.1, 0.15) is 27.9 Å². The third-order valence-electron chi connectivity index (χ3n) is 4.79. The quantitative estimate of drug-likeness (QED) is 0.728. The highest BCUT2D eigenvalue weighted by Crippen LogP contribution is 2.14. The first kappa shape index (κ1) is 19.4. The minimum absolute atomic E-state index is 0.0152. The molecule has 1 saturated heterocycles. The lowest BCUT2D eigenvalue weighted by Gasteiger charge is -2.26. The third kappa shape index (κ3) is 6.08. The Morgan fingerprint density at radius 3 is 2.63 bits per heavy atom. The molecule has 0 aliphatic carbocycles. The van der Waals surface area contributed by atoms with E-state index in [9.17, 15) is 4.79 Å². The highest BCUT2D eigenvalue weighted by molar-refractivity contribution is 5.94. The number of hydrogen-bond acceptors (Lipinski definition) is 4. The Kier molecular flexibility index (Phi) is 7.25. The SMILES string of the molecule is COc1cccc(CCCNC(=O)c2ccc(CN3CCOCC3)cc2)c1. The van der Waals surface area contributed by atoms with Crippen LogP contribution < -0.4 is 10.1 Å². The Bertz CT molecular complexity index is 725. The summed E-state index contributed by atoms with van der Waals surface area (Å²) in [6.45, 7) is 5.11. The fraction of sp³-hybridized carbons (Fsp3) is 0.409. The summed E-state index contributed by atoms with van der Waals surface area (Å²) in [4.78, 5) is 14.7. The van der Waals surface area contributed by atoms with Crippen LogP contribution in [0.5, 0.6) is 5.75 Å². The molecular formula is C22H28N2O3. The van der Waals surface area contributed by atoms with Crippen molar-refractivity contribution in [2.45, 2.75) is 19.4 Å². The number of morpholine rings is 1. The topological polar surface area (TPSA) is 50.8 Å². The Morgan fingerprint density at radius 1 is 1.11 bits per heavy atom. The first-order valence-electron chi connectivity index (χ1n) is 9.55. The van der Waals surface area contributed by atoms with Gasteiger partial charge in [-0.15, -0.1) is 0 Å². The molecule has 3 rings (SSSR count). The average Bonchev–Trinajstić information content (AvgIpc) is 2.72. The molecule has 1 fully saturated rings. The van der Waals surface area contributed by atoms with Gasteiger partial charge in [0.1, 0.15) is 5.75 Å². The van der Waals surface area contributed by atoms with Crippen LogP contribution in [-0.2, 0) is 17.7 Å². The number of nitrogens with zero attached hydrogens (tertiary/aromatic N) is 1. The van der Waals surface area contributed by atoms with Crippen LogP contribution in [0.4, 0.5) is 0 Å². The molecule has 0 unspecified atom stereocenters. The highest BCUT2D eigenvalue weighted by atomic mass is 16.5. The maximum atomic E-state index is 12.3. The minimum atomic E-state index is -0.0152. The highest BCUT2D eigenvalue weighted by Gasteiger charge is 2.11. The van der Waals surface area contributed by atoms with Crippen LogP contribution in [-0.4, -0.2) is 50.8 Å². The Hall–Kier alpha value is -2.37. The number of hydrogen-bond donors (Lipinski definition) is 1. The van der Waals surface area contributed by atoms with Crippen LogP contribution in [0.3, 0.4) is 0 Å². The second-order valence-corrected chi connectivity index (χ2v) is 6.80. The Morgan fingerprint density at radius 2 is 1.89 bits per heavy atom. The van der Waals surface area contributed by atoms with Gasteiger partial charge in [0.25, 0.3) is 5.91 Å². The number of carbonyl (C=O) groups is 1. The number of ether oxygens (including phenoxy) is 2. The van der Waals surface area contributed by atoms with E-state index in [4.69, 9.17) is 9.47 Å². The van der Waals surface area contributed by atoms with E-state index < -0.39 is 0 Å². The van der Waals surface area contributed by atoms with Gasteiger partial charge in [-0.3, -0.25) is 9.69 Å². The molecule has 0 radical (unpaired) electrons. The molecule has 5 nitrogen and oxygen atoms in total. The first-order valence-corrected chi connectivity index (χ1v) is 9.55. The van der Waals surface area contributed by atoms with Crippen LogP contribution in [0.2, 0.25) is 0 Å². The summed E-state index contributed by atoms with van der Waals surface area (Å²) in [5.74, 6) is 0.854. The zero-order chi connectivity index (χ0) is 18.9. The van der Waals surface area contributed by atoms with E-state index in [-0.39, 0.29) is 5.91 Å². The Labute approximate surface area is 161 Å². The van der Waals surface area contributed by atoms with Crippen LogP contribution in [0.15, 0.2) is 48.5 Å². The summed E-state index contributed by atoms with van der Waals surface area (Å²) in [7, 11) is 1.67. The predicted molar refractivity (Wildman–Crippen MR) is 106 cm³/mol. The van der Waals surface area contributed by atoms with Crippen molar-refractivity contribution in [3.63, 3.8) is 0 Å². The van der Waals surface area contributed by atoms with Crippen molar-refractivity contribution in [2.24, 2.45) is 0 Å². The molecule has 1 heterocycles. The molecule has 2 aromatic rings. The van der Waals surface area contributed by atoms with Crippen molar-refractivity contribution in [1.82, 2.24) is 10.2 Å². The van der Waals surface area contributed by atoms with Crippen molar-refractivity contribution in [3.8, 4) is 5.75 Å². The number of methoxy groups -OCH3 is 1. The van der Waals surface area contributed by atoms with E-state index in [2.05, 4.69) is 16.3 Å². The normalized spacial score (nSPS) is 14.7. The zero-order valence-electron chi connectivity index (χ0n) is 15.9. The second kappa shape index (κ2) is 10.1. The summed E-state index contributed by atoms with van der Waals surface area (Å²) < 4.78 is 10.6. The molecule has 2 aromatic carbocycles. The van der Waals surface area contributed by atoms with Crippen LogP contribution in [0, 0.1) is 0 Å². The van der Waals surface area contributed by atoms with E-state index in [1.165, 1.54) is 11.1 Å². The van der Waals surface area contributed by atoms with Crippen molar-refractivity contribution in [2.75, 3.05) is 40.0 Å². The molecule has 0 bridgehead atoms. The molecule has 1 aliphatic rings. The first-order chi connectivity index (χ1) is 13.2. The molecule has 5 heteroatoms. The molecule has 1 amide bonds. The van der Waals surface area contributed by atoms with E-state index in [1.807, 2.05) is 42.5 Å². The van der Waals surface area contributed by atoms with Gasteiger partial charge in [0.05, 0.1) is 20.3 Å². The minimum Gasteiger partial charge on any atom is -0.497 e. The molecule has 0 aromatic heterocycles. The number of aryl methyl sites for hydroxylation is 1. The monoisotopic (exact) mass is 368 g/mol. The van der Waals surface area contributed by atoms with Crippen molar-refractivity contribution >= 4 is 5.91 Å². The second-order valence-electron chi connectivity index (χ2n) is 6.80. The molecule has 144 valence electrons. The Balaban J connectivity index is 1.41. The van der Waals surface area contributed by atoms with Gasteiger partial charge in [0.2, 0.25) is 0 Å². The lowest BCUT2D eigenvalue weighted by molar-refractivity contribution is 0.0342. The van der Waals surface area contributed by atoms with E-state index in [0.29, 0.717) is 12.1 Å². The summed E-state index contributed by atoms with van der Waals surface area (Å²) in [5, 5.41) is 3.00. The standard InChI is InChI=1S/C22H28N2O3/c1-26-21-6-2-4-18(16-21)5-3-11-23-22(25)20-9-7-19(8-10-20)17-24-12-14-27-15-13-24/h2,4,6-10,16H,3,5,11-15,17H2,1H3,(H,23,25). The molecule has 1 N–H and O–H groups in total. The van der Waals surface area contributed by atoms with Gasteiger partial charge in [-0.2, -0.15) is 0 Å². The maximum Gasteiger partial charge on any atom is 0.251 e. The number of rotatable bonds is 8. The number of benzene rings is 2.